The second-order valence-corrected chi connectivity index (χ2v) is 5.30. The van der Waals surface area contributed by atoms with Crippen LogP contribution in [0.5, 0.6) is 0 Å². The van der Waals surface area contributed by atoms with Crippen molar-refractivity contribution in [2.75, 3.05) is 0 Å². The molecule has 1 aromatic rings. The van der Waals surface area contributed by atoms with Crippen LogP contribution in [-0.2, 0) is 0 Å². The van der Waals surface area contributed by atoms with Crippen molar-refractivity contribution >= 4 is 0 Å². The van der Waals surface area contributed by atoms with E-state index in [4.69, 9.17) is 0 Å². The minimum atomic E-state index is -0.417. The van der Waals surface area contributed by atoms with Gasteiger partial charge < -0.3 is 15.5 Å². The molecule has 0 radical (unpaired) electrons. The summed E-state index contributed by atoms with van der Waals surface area (Å²) in [4.78, 5) is 0. The third kappa shape index (κ3) is 3.55. The Hall–Kier alpha value is -0.900. The maximum atomic E-state index is 9.94. The summed E-state index contributed by atoms with van der Waals surface area (Å²) in [6, 6.07) is 10.4. The number of benzene rings is 1. The Balaban J connectivity index is 1.99. The summed E-state index contributed by atoms with van der Waals surface area (Å²) in [6.45, 7) is 1.82. The molecule has 0 aliphatic heterocycles. The van der Waals surface area contributed by atoms with E-state index in [9.17, 15) is 10.2 Å². The van der Waals surface area contributed by atoms with Gasteiger partial charge in [-0.05, 0) is 38.2 Å². The van der Waals surface area contributed by atoms with Crippen molar-refractivity contribution < 1.29 is 10.2 Å². The zero-order chi connectivity index (χ0) is 13.0. The number of hydrogen-bond donors (Lipinski definition) is 3. The molecule has 3 nitrogen and oxygen atoms in total. The van der Waals surface area contributed by atoms with Crippen molar-refractivity contribution in [2.24, 2.45) is 0 Å². The van der Waals surface area contributed by atoms with Crippen molar-refractivity contribution in [3.8, 4) is 0 Å². The molecule has 1 aliphatic rings. The number of nitrogens with one attached hydrogen (secondary N) is 1. The normalized spacial score (nSPS) is 27.7. The van der Waals surface area contributed by atoms with Crippen molar-refractivity contribution in [3.05, 3.63) is 35.9 Å². The maximum Gasteiger partial charge on any atom is 0.0706 e. The lowest BCUT2D eigenvalue weighted by Crippen LogP contribution is -2.40. The summed E-state index contributed by atoms with van der Waals surface area (Å²) < 4.78 is 0. The summed E-state index contributed by atoms with van der Waals surface area (Å²) in [5, 5.41) is 23.0. The number of aliphatic hydroxyl groups excluding tert-OH is 2. The van der Waals surface area contributed by atoms with E-state index in [2.05, 4.69) is 5.32 Å². The lowest BCUT2D eigenvalue weighted by Gasteiger charge is -2.32. The Morgan fingerprint density at radius 3 is 2.28 bits per heavy atom. The molecule has 2 atom stereocenters. The highest BCUT2D eigenvalue weighted by molar-refractivity contribution is 5.20. The smallest absolute Gasteiger partial charge is 0.0706 e. The van der Waals surface area contributed by atoms with Gasteiger partial charge in [-0.25, -0.2) is 0 Å². The van der Waals surface area contributed by atoms with E-state index in [1.165, 1.54) is 0 Å². The first-order valence-electron chi connectivity index (χ1n) is 6.84. The third-order valence-electron chi connectivity index (χ3n) is 3.75. The average Bonchev–Trinajstić information content (AvgIpc) is 2.38. The van der Waals surface area contributed by atoms with E-state index in [1.807, 2.05) is 37.3 Å². The summed E-state index contributed by atoms with van der Waals surface area (Å²) in [5.74, 6) is 0. The second-order valence-electron chi connectivity index (χ2n) is 5.30. The molecule has 0 heterocycles. The number of aliphatic hydroxyl groups is 2. The Morgan fingerprint density at radius 1 is 1.11 bits per heavy atom. The molecule has 0 aromatic heterocycles. The van der Waals surface area contributed by atoms with E-state index in [0.29, 0.717) is 6.04 Å². The fourth-order valence-corrected chi connectivity index (χ4v) is 2.67. The van der Waals surface area contributed by atoms with E-state index in [1.54, 1.807) is 0 Å². The first-order valence-corrected chi connectivity index (χ1v) is 6.84. The molecule has 1 aromatic carbocycles. The predicted octanol–water partition coefficient (Wildman–Crippen LogP) is 2.00. The van der Waals surface area contributed by atoms with Crippen LogP contribution in [0.25, 0.3) is 0 Å². The molecule has 1 saturated carbocycles. The van der Waals surface area contributed by atoms with Gasteiger partial charge in [0.25, 0.3) is 0 Å². The summed E-state index contributed by atoms with van der Waals surface area (Å²) >= 11 is 0. The van der Waals surface area contributed by atoms with Crippen LogP contribution in [0.15, 0.2) is 30.3 Å². The van der Waals surface area contributed by atoms with Crippen molar-refractivity contribution in [3.63, 3.8) is 0 Å². The monoisotopic (exact) mass is 249 g/mol. The van der Waals surface area contributed by atoms with Crippen LogP contribution in [0.1, 0.15) is 44.2 Å². The van der Waals surface area contributed by atoms with Crippen LogP contribution < -0.4 is 5.32 Å². The van der Waals surface area contributed by atoms with E-state index in [0.717, 1.165) is 31.2 Å². The SMILES string of the molecule is CC(O)C(NC1CCC(O)CC1)c1ccccc1. The molecule has 2 rings (SSSR count). The minimum Gasteiger partial charge on any atom is -0.393 e. The van der Waals surface area contributed by atoms with Crippen molar-refractivity contribution in [1.82, 2.24) is 5.32 Å². The van der Waals surface area contributed by atoms with Crippen LogP contribution in [0.4, 0.5) is 0 Å². The zero-order valence-corrected chi connectivity index (χ0v) is 10.9. The predicted molar refractivity (Wildman–Crippen MR) is 72.3 cm³/mol. The average molecular weight is 249 g/mol. The van der Waals surface area contributed by atoms with Crippen LogP contribution in [0.3, 0.4) is 0 Å². The van der Waals surface area contributed by atoms with Gasteiger partial charge in [0.05, 0.1) is 18.2 Å². The maximum absolute atomic E-state index is 9.94. The van der Waals surface area contributed by atoms with Gasteiger partial charge in [-0.3, -0.25) is 0 Å². The van der Waals surface area contributed by atoms with Crippen LogP contribution >= 0.6 is 0 Å². The highest BCUT2D eigenvalue weighted by Gasteiger charge is 2.24. The summed E-state index contributed by atoms with van der Waals surface area (Å²) in [5.41, 5.74) is 1.12. The summed E-state index contributed by atoms with van der Waals surface area (Å²) in [6.07, 6.45) is 3.14. The molecular formula is C15H23NO2. The molecule has 0 spiro atoms. The molecular weight excluding hydrogens is 226 g/mol. The summed E-state index contributed by atoms with van der Waals surface area (Å²) in [7, 11) is 0. The molecule has 1 aliphatic carbocycles. The fourth-order valence-electron chi connectivity index (χ4n) is 2.67. The van der Waals surface area contributed by atoms with Gasteiger partial charge in [-0.2, -0.15) is 0 Å². The number of rotatable bonds is 4. The van der Waals surface area contributed by atoms with E-state index < -0.39 is 6.10 Å². The Morgan fingerprint density at radius 2 is 1.72 bits per heavy atom. The highest BCUT2D eigenvalue weighted by atomic mass is 16.3. The van der Waals surface area contributed by atoms with Crippen LogP contribution in [0.2, 0.25) is 0 Å². The van der Waals surface area contributed by atoms with Crippen LogP contribution in [-0.4, -0.2) is 28.5 Å². The van der Waals surface area contributed by atoms with Gasteiger partial charge in [0.2, 0.25) is 0 Å². The quantitative estimate of drug-likeness (QED) is 0.765. The molecule has 2 unspecified atom stereocenters. The zero-order valence-electron chi connectivity index (χ0n) is 10.9. The van der Waals surface area contributed by atoms with E-state index >= 15 is 0 Å². The lowest BCUT2D eigenvalue weighted by atomic mass is 9.91. The lowest BCUT2D eigenvalue weighted by molar-refractivity contribution is 0.0968. The molecule has 18 heavy (non-hydrogen) atoms. The van der Waals surface area contributed by atoms with Gasteiger partial charge >= 0.3 is 0 Å². The largest absolute Gasteiger partial charge is 0.393 e. The van der Waals surface area contributed by atoms with Gasteiger partial charge in [0, 0.05) is 6.04 Å². The fraction of sp³-hybridized carbons (Fsp3) is 0.600. The topological polar surface area (TPSA) is 52.5 Å². The molecule has 0 amide bonds. The van der Waals surface area contributed by atoms with Gasteiger partial charge in [-0.15, -0.1) is 0 Å². The molecule has 0 bridgehead atoms. The molecule has 1 fully saturated rings. The molecule has 3 heteroatoms. The van der Waals surface area contributed by atoms with Crippen molar-refractivity contribution in [1.29, 1.82) is 0 Å². The van der Waals surface area contributed by atoms with Gasteiger partial charge in [0.15, 0.2) is 0 Å². The molecule has 0 saturated heterocycles. The first-order chi connectivity index (χ1) is 8.66. The first kappa shape index (κ1) is 13.5. The number of hydrogen-bond acceptors (Lipinski definition) is 3. The molecule has 3 N–H and O–H groups in total. The van der Waals surface area contributed by atoms with Crippen LogP contribution in [0, 0.1) is 0 Å². The van der Waals surface area contributed by atoms with Gasteiger partial charge in [-0.1, -0.05) is 30.3 Å². The Bertz CT molecular complexity index is 345. The molecule has 100 valence electrons. The van der Waals surface area contributed by atoms with Crippen molar-refractivity contribution in [2.45, 2.75) is 56.9 Å². The minimum absolute atomic E-state index is 0.0218. The van der Waals surface area contributed by atoms with E-state index in [-0.39, 0.29) is 12.1 Å². The highest BCUT2D eigenvalue weighted by Crippen LogP contribution is 2.23. The van der Waals surface area contributed by atoms with Gasteiger partial charge in [0.1, 0.15) is 0 Å². The Labute approximate surface area is 109 Å². The second kappa shape index (κ2) is 6.32. The third-order valence-corrected chi connectivity index (χ3v) is 3.75. The standard InChI is InChI=1S/C15H23NO2/c1-11(17)15(12-5-3-2-4-6-12)16-13-7-9-14(18)10-8-13/h2-6,11,13-18H,7-10H2,1H3. The Kier molecular flexibility index (Phi) is 4.75.